The van der Waals surface area contributed by atoms with Crippen LogP contribution in [0.4, 0.5) is 0 Å². The van der Waals surface area contributed by atoms with Gasteiger partial charge in [-0.2, -0.15) is 0 Å². The van der Waals surface area contributed by atoms with Crippen molar-refractivity contribution in [2.75, 3.05) is 13.1 Å². The van der Waals surface area contributed by atoms with Gasteiger partial charge in [-0.05, 0) is 19.0 Å². The maximum absolute atomic E-state index is 9.90. The van der Waals surface area contributed by atoms with Crippen molar-refractivity contribution < 1.29 is 15.1 Å². The highest BCUT2D eigenvalue weighted by Gasteiger charge is 1.92. The maximum atomic E-state index is 9.90. The minimum Gasteiger partial charge on any atom is -0.480 e. The average molecular weight is 287 g/mol. The first-order valence-corrected chi connectivity index (χ1v) is 6.34. The molecule has 0 spiro atoms. The number of carboxylic acid groups (broad SMARTS) is 1. The molecule has 0 aliphatic heterocycles. The second kappa shape index (κ2) is 11.5. The predicted molar refractivity (Wildman–Crippen MR) is 76.2 cm³/mol. The van der Waals surface area contributed by atoms with Crippen molar-refractivity contribution in [2.45, 2.75) is 19.8 Å². The molecule has 0 fully saturated rings. The van der Waals surface area contributed by atoms with Gasteiger partial charge in [0.15, 0.2) is 0 Å². The number of aliphatic carboxylic acids is 1. The van der Waals surface area contributed by atoms with Gasteiger partial charge in [-0.15, -0.1) is 0 Å². The molecule has 19 heavy (non-hydrogen) atoms. The van der Waals surface area contributed by atoms with Crippen molar-refractivity contribution in [1.82, 2.24) is 5.32 Å². The molecule has 1 aromatic rings. The van der Waals surface area contributed by atoms with Crippen LogP contribution in [0.25, 0.3) is 0 Å². The fourth-order valence-electron chi connectivity index (χ4n) is 1.14. The summed E-state index contributed by atoms with van der Waals surface area (Å²) >= 11 is 5.70. The number of rotatable bonds is 6. The SMILES string of the molecule is CCCCNCC(=O)O.ON=Cc1ccccc1Cl. The van der Waals surface area contributed by atoms with Crippen molar-refractivity contribution >= 4 is 23.8 Å². The summed E-state index contributed by atoms with van der Waals surface area (Å²) in [5.41, 5.74) is 0.715. The summed E-state index contributed by atoms with van der Waals surface area (Å²) in [6.07, 6.45) is 3.45. The summed E-state index contributed by atoms with van der Waals surface area (Å²) in [5.74, 6) is -0.786. The number of unbranched alkanes of at least 4 members (excludes halogenated alkanes) is 1. The van der Waals surface area contributed by atoms with E-state index in [0.717, 1.165) is 19.4 Å². The van der Waals surface area contributed by atoms with Crippen molar-refractivity contribution in [1.29, 1.82) is 0 Å². The van der Waals surface area contributed by atoms with Crippen LogP contribution in [-0.4, -0.2) is 35.6 Å². The molecule has 6 heteroatoms. The molecule has 3 N–H and O–H groups in total. The predicted octanol–water partition coefficient (Wildman–Crippen LogP) is 2.61. The molecule has 0 aliphatic carbocycles. The number of nitrogens with zero attached hydrogens (tertiary/aromatic N) is 1. The summed E-state index contributed by atoms with van der Waals surface area (Å²) in [6.45, 7) is 2.96. The first-order chi connectivity index (χ1) is 9.11. The third kappa shape index (κ3) is 10.1. The van der Waals surface area contributed by atoms with Gasteiger partial charge in [0.05, 0.1) is 12.8 Å². The normalized spacial score (nSPS) is 10.0. The van der Waals surface area contributed by atoms with Gasteiger partial charge >= 0.3 is 5.97 Å². The highest BCUT2D eigenvalue weighted by atomic mass is 35.5. The van der Waals surface area contributed by atoms with Crippen molar-refractivity contribution in [2.24, 2.45) is 5.16 Å². The summed E-state index contributed by atoms with van der Waals surface area (Å²) in [7, 11) is 0. The third-order valence-corrected chi connectivity index (χ3v) is 2.43. The third-order valence-electron chi connectivity index (χ3n) is 2.09. The lowest BCUT2D eigenvalue weighted by Crippen LogP contribution is -2.23. The Bertz CT molecular complexity index is 397. The number of carbonyl (C=O) groups is 1. The van der Waals surface area contributed by atoms with E-state index in [1.54, 1.807) is 12.1 Å². The minimum absolute atomic E-state index is 0.0833. The fraction of sp³-hybridized carbons (Fsp3) is 0.385. The van der Waals surface area contributed by atoms with E-state index in [4.69, 9.17) is 21.9 Å². The van der Waals surface area contributed by atoms with E-state index in [1.807, 2.05) is 12.1 Å². The quantitative estimate of drug-likeness (QED) is 0.325. The zero-order valence-electron chi connectivity index (χ0n) is 10.8. The minimum atomic E-state index is -0.786. The molecule has 0 unspecified atom stereocenters. The van der Waals surface area contributed by atoms with E-state index < -0.39 is 5.97 Å². The Morgan fingerprint density at radius 1 is 1.47 bits per heavy atom. The summed E-state index contributed by atoms with van der Waals surface area (Å²) in [5, 5.41) is 22.5. The molecule has 1 aromatic carbocycles. The van der Waals surface area contributed by atoms with Crippen LogP contribution < -0.4 is 5.32 Å². The first-order valence-electron chi connectivity index (χ1n) is 5.96. The summed E-state index contributed by atoms with van der Waals surface area (Å²) in [6, 6.07) is 7.14. The Morgan fingerprint density at radius 2 is 2.16 bits per heavy atom. The van der Waals surface area contributed by atoms with Crippen LogP contribution >= 0.6 is 11.6 Å². The molecular weight excluding hydrogens is 268 g/mol. The van der Waals surface area contributed by atoms with E-state index in [1.165, 1.54) is 6.21 Å². The van der Waals surface area contributed by atoms with E-state index in [2.05, 4.69) is 17.4 Å². The smallest absolute Gasteiger partial charge is 0.317 e. The van der Waals surface area contributed by atoms with Gasteiger partial charge in [0, 0.05) is 10.6 Å². The van der Waals surface area contributed by atoms with Crippen LogP contribution in [0, 0.1) is 0 Å². The Labute approximate surface area is 117 Å². The summed E-state index contributed by atoms with van der Waals surface area (Å²) in [4.78, 5) is 9.90. The molecule has 0 bridgehead atoms. The molecule has 5 nitrogen and oxygen atoms in total. The zero-order chi connectivity index (χ0) is 14.5. The maximum Gasteiger partial charge on any atom is 0.317 e. The van der Waals surface area contributed by atoms with Crippen LogP contribution in [-0.2, 0) is 4.79 Å². The Kier molecular flexibility index (Phi) is 10.5. The Morgan fingerprint density at radius 3 is 2.68 bits per heavy atom. The van der Waals surface area contributed by atoms with E-state index in [0.29, 0.717) is 10.6 Å². The number of benzene rings is 1. The van der Waals surface area contributed by atoms with Crippen LogP contribution in [0.2, 0.25) is 5.02 Å². The van der Waals surface area contributed by atoms with Crippen LogP contribution in [0.3, 0.4) is 0 Å². The van der Waals surface area contributed by atoms with Gasteiger partial charge < -0.3 is 15.6 Å². The van der Waals surface area contributed by atoms with Crippen LogP contribution in [0.1, 0.15) is 25.3 Å². The van der Waals surface area contributed by atoms with E-state index >= 15 is 0 Å². The molecule has 0 radical (unpaired) electrons. The van der Waals surface area contributed by atoms with Crippen LogP contribution in [0.5, 0.6) is 0 Å². The number of hydrogen-bond donors (Lipinski definition) is 3. The largest absolute Gasteiger partial charge is 0.480 e. The van der Waals surface area contributed by atoms with Gasteiger partial charge in [-0.3, -0.25) is 4.79 Å². The lowest BCUT2D eigenvalue weighted by Gasteiger charge is -1.96. The number of nitrogens with one attached hydrogen (secondary N) is 1. The van der Waals surface area contributed by atoms with E-state index in [9.17, 15) is 4.79 Å². The molecule has 0 aromatic heterocycles. The van der Waals surface area contributed by atoms with Gasteiger partial charge in [0.25, 0.3) is 0 Å². The average Bonchev–Trinajstić information content (AvgIpc) is 2.38. The molecule has 0 atom stereocenters. The number of hydrogen-bond acceptors (Lipinski definition) is 4. The molecule has 0 heterocycles. The molecule has 0 saturated heterocycles. The van der Waals surface area contributed by atoms with Crippen molar-refractivity contribution in [3.8, 4) is 0 Å². The molecule has 0 aliphatic rings. The second-order valence-corrected chi connectivity index (χ2v) is 4.10. The van der Waals surface area contributed by atoms with Crippen molar-refractivity contribution in [3.63, 3.8) is 0 Å². The lowest BCUT2D eigenvalue weighted by atomic mass is 10.2. The van der Waals surface area contributed by atoms with Gasteiger partial charge in [-0.1, -0.05) is 48.3 Å². The number of oxime groups is 1. The topological polar surface area (TPSA) is 81.9 Å². The van der Waals surface area contributed by atoms with Crippen LogP contribution in [0.15, 0.2) is 29.4 Å². The molecule has 0 amide bonds. The monoisotopic (exact) mass is 286 g/mol. The number of halogens is 1. The fourth-order valence-corrected chi connectivity index (χ4v) is 1.32. The highest BCUT2D eigenvalue weighted by Crippen LogP contribution is 2.11. The molecule has 106 valence electrons. The van der Waals surface area contributed by atoms with Gasteiger partial charge in [0.2, 0.25) is 0 Å². The van der Waals surface area contributed by atoms with Gasteiger partial charge in [-0.25, -0.2) is 0 Å². The Balaban J connectivity index is 0.000000344. The second-order valence-electron chi connectivity index (χ2n) is 3.69. The summed E-state index contributed by atoms with van der Waals surface area (Å²) < 4.78 is 0. The zero-order valence-corrected chi connectivity index (χ0v) is 11.6. The molecular formula is C13H19ClN2O3. The standard InChI is InChI=1S/C7H6ClNO.C6H13NO2/c8-7-4-2-1-3-6(7)5-9-10;1-2-3-4-7-5-6(8)9/h1-5,10H;7H,2-5H2,1H3,(H,8,9). The van der Waals surface area contributed by atoms with Crippen molar-refractivity contribution in [3.05, 3.63) is 34.9 Å². The van der Waals surface area contributed by atoms with E-state index in [-0.39, 0.29) is 6.54 Å². The molecule has 0 saturated carbocycles. The Hall–Kier alpha value is -1.59. The lowest BCUT2D eigenvalue weighted by molar-refractivity contribution is -0.135. The molecule has 1 rings (SSSR count). The highest BCUT2D eigenvalue weighted by molar-refractivity contribution is 6.33. The number of carboxylic acids is 1. The van der Waals surface area contributed by atoms with Gasteiger partial charge in [0.1, 0.15) is 0 Å². The first kappa shape index (κ1) is 17.4.